The van der Waals surface area contributed by atoms with Gasteiger partial charge in [-0.05, 0) is 66.6 Å². The van der Waals surface area contributed by atoms with E-state index in [1.165, 1.54) is 0 Å². The molecule has 0 spiro atoms. The maximum Gasteiger partial charge on any atom is 0.252 e. The van der Waals surface area contributed by atoms with Gasteiger partial charge in [-0.2, -0.15) is 0 Å². The molecule has 7 heteroatoms. The number of amides is 2. The summed E-state index contributed by atoms with van der Waals surface area (Å²) in [5, 5.41) is 15.7. The summed E-state index contributed by atoms with van der Waals surface area (Å²) < 4.78 is 0. The molecule has 4 rings (SSSR count). The molecule has 0 unspecified atom stereocenters. The summed E-state index contributed by atoms with van der Waals surface area (Å²) in [6.45, 7) is 0.675. The van der Waals surface area contributed by atoms with Gasteiger partial charge in [0, 0.05) is 17.2 Å². The average Bonchev–Trinajstić information content (AvgIpc) is 2.87. The van der Waals surface area contributed by atoms with Crippen molar-refractivity contribution in [2.45, 2.75) is 37.8 Å². The van der Waals surface area contributed by atoms with E-state index in [1.54, 1.807) is 24.3 Å². The van der Waals surface area contributed by atoms with Crippen LogP contribution in [0, 0.1) is 11.3 Å². The number of hydrogen-bond donors (Lipinski definition) is 5. The number of amidine groups is 1. The molecule has 0 bridgehead atoms. The highest BCUT2D eigenvalue weighted by molar-refractivity contribution is 6.02. The van der Waals surface area contributed by atoms with Crippen molar-refractivity contribution in [3.8, 4) is 0 Å². The number of rotatable bonds is 7. The van der Waals surface area contributed by atoms with E-state index in [2.05, 4.69) is 10.6 Å². The minimum Gasteiger partial charge on any atom is -0.384 e. The van der Waals surface area contributed by atoms with Crippen molar-refractivity contribution in [2.24, 2.45) is 17.4 Å². The first-order chi connectivity index (χ1) is 16.5. The summed E-state index contributed by atoms with van der Waals surface area (Å²) in [6, 6.07) is 19.3. The molecule has 1 aliphatic rings. The molecule has 0 radical (unpaired) electrons. The number of fused-ring (bicyclic) bond motifs is 1. The molecule has 1 fully saturated rings. The average molecular weight is 458 g/mol. The molecule has 3 aromatic carbocycles. The van der Waals surface area contributed by atoms with Crippen molar-refractivity contribution in [3.05, 3.63) is 83.4 Å². The van der Waals surface area contributed by atoms with Crippen molar-refractivity contribution >= 4 is 28.4 Å². The van der Waals surface area contributed by atoms with Crippen molar-refractivity contribution < 1.29 is 9.59 Å². The van der Waals surface area contributed by atoms with Gasteiger partial charge < -0.3 is 22.1 Å². The molecule has 0 aromatic heterocycles. The lowest BCUT2D eigenvalue weighted by atomic mass is 9.86. The second kappa shape index (κ2) is 10.5. The number of benzene rings is 3. The van der Waals surface area contributed by atoms with E-state index in [-0.39, 0.29) is 17.8 Å². The Hall–Kier alpha value is -3.71. The second-order valence-corrected chi connectivity index (χ2v) is 8.93. The Balaban J connectivity index is 1.63. The zero-order chi connectivity index (χ0) is 24.1. The fourth-order valence-corrected chi connectivity index (χ4v) is 4.66. The fourth-order valence-electron chi connectivity index (χ4n) is 4.66. The molecule has 34 heavy (non-hydrogen) atoms. The quantitative estimate of drug-likeness (QED) is 0.275. The van der Waals surface area contributed by atoms with Crippen LogP contribution in [0.15, 0.2) is 66.7 Å². The minimum absolute atomic E-state index is 0.0609. The van der Waals surface area contributed by atoms with Gasteiger partial charge in [-0.1, -0.05) is 54.6 Å². The number of nitrogens with two attached hydrogens (primary N) is 2. The van der Waals surface area contributed by atoms with Gasteiger partial charge in [0.05, 0.1) is 0 Å². The Morgan fingerprint density at radius 1 is 0.941 bits per heavy atom. The lowest BCUT2D eigenvalue weighted by molar-refractivity contribution is -0.124. The third-order valence-electron chi connectivity index (χ3n) is 6.63. The molecule has 1 atom stereocenters. The zero-order valence-corrected chi connectivity index (χ0v) is 19.1. The van der Waals surface area contributed by atoms with Gasteiger partial charge in [0.25, 0.3) is 5.91 Å². The molecule has 3 aromatic rings. The Labute approximate surface area is 199 Å². The molecule has 176 valence electrons. The lowest BCUT2D eigenvalue weighted by Gasteiger charge is -2.30. The maximum absolute atomic E-state index is 13.5. The van der Waals surface area contributed by atoms with Crippen molar-refractivity contribution in [2.75, 3.05) is 6.54 Å². The number of hydrogen-bond acceptors (Lipinski definition) is 4. The Morgan fingerprint density at radius 3 is 2.35 bits per heavy atom. The van der Waals surface area contributed by atoms with Crippen LogP contribution >= 0.6 is 0 Å². The van der Waals surface area contributed by atoms with Gasteiger partial charge in [0.1, 0.15) is 11.9 Å². The van der Waals surface area contributed by atoms with E-state index < -0.39 is 11.9 Å². The largest absolute Gasteiger partial charge is 0.384 e. The van der Waals surface area contributed by atoms with E-state index in [9.17, 15) is 9.59 Å². The summed E-state index contributed by atoms with van der Waals surface area (Å²) in [5.41, 5.74) is 12.9. The molecule has 7 N–H and O–H groups in total. The number of carbonyl (C=O) groups excluding carboxylic acids is 2. The van der Waals surface area contributed by atoms with Crippen LogP contribution in [0.1, 0.15) is 53.2 Å². The summed E-state index contributed by atoms with van der Waals surface area (Å²) in [4.78, 5) is 26.7. The van der Waals surface area contributed by atoms with Crippen LogP contribution in [-0.4, -0.2) is 30.2 Å². The summed E-state index contributed by atoms with van der Waals surface area (Å²) in [5.74, 6) is -0.243. The SMILES string of the molecule is N=C(N)c1cccc(C(=O)N[C@H](C(=O)NC2CCC(CN)CC2)c2cccc3ccccc23)c1. The first-order valence-corrected chi connectivity index (χ1v) is 11.7. The van der Waals surface area contributed by atoms with Crippen LogP contribution < -0.4 is 22.1 Å². The first kappa shape index (κ1) is 23.4. The van der Waals surface area contributed by atoms with Crippen LogP contribution in [0.3, 0.4) is 0 Å². The van der Waals surface area contributed by atoms with E-state index in [1.807, 2.05) is 42.5 Å². The summed E-state index contributed by atoms with van der Waals surface area (Å²) >= 11 is 0. The third kappa shape index (κ3) is 5.26. The van der Waals surface area contributed by atoms with Crippen LogP contribution in [0.2, 0.25) is 0 Å². The molecule has 0 aliphatic heterocycles. The predicted molar refractivity (Wildman–Crippen MR) is 135 cm³/mol. The van der Waals surface area contributed by atoms with Gasteiger partial charge in [-0.3, -0.25) is 15.0 Å². The number of nitrogen functional groups attached to an aromatic ring is 1. The second-order valence-electron chi connectivity index (χ2n) is 8.93. The normalized spacial score (nSPS) is 18.7. The standard InChI is InChI=1S/C27H31N5O2/c28-16-17-11-13-21(14-12-17)31-27(34)24(23-10-4-6-18-5-1-2-9-22(18)23)32-26(33)20-8-3-7-19(15-20)25(29)30/h1-10,15,17,21,24H,11-14,16,28H2,(H3,29,30)(H,31,34)(H,32,33)/t17?,21?,24-/m0/s1. The topological polar surface area (TPSA) is 134 Å². The van der Waals surface area contributed by atoms with Gasteiger partial charge in [0.15, 0.2) is 0 Å². The van der Waals surface area contributed by atoms with Crippen molar-refractivity contribution in [3.63, 3.8) is 0 Å². The molecule has 7 nitrogen and oxygen atoms in total. The number of nitrogens with one attached hydrogen (secondary N) is 3. The maximum atomic E-state index is 13.5. The molecule has 2 amide bonds. The minimum atomic E-state index is -0.869. The Bertz CT molecular complexity index is 1200. The van der Waals surface area contributed by atoms with Crippen LogP contribution in [0.5, 0.6) is 0 Å². The monoisotopic (exact) mass is 457 g/mol. The molecular weight excluding hydrogens is 426 g/mol. The molecular formula is C27H31N5O2. The predicted octanol–water partition coefficient (Wildman–Crippen LogP) is 3.23. The highest BCUT2D eigenvalue weighted by Gasteiger charge is 2.29. The summed E-state index contributed by atoms with van der Waals surface area (Å²) in [6.07, 6.45) is 3.74. The molecule has 0 heterocycles. The lowest BCUT2D eigenvalue weighted by Crippen LogP contribution is -2.45. The van der Waals surface area contributed by atoms with E-state index in [0.29, 0.717) is 23.6 Å². The van der Waals surface area contributed by atoms with E-state index in [0.717, 1.165) is 42.0 Å². The third-order valence-corrected chi connectivity index (χ3v) is 6.63. The van der Waals surface area contributed by atoms with Gasteiger partial charge in [0.2, 0.25) is 5.91 Å². The van der Waals surface area contributed by atoms with E-state index in [4.69, 9.17) is 16.9 Å². The first-order valence-electron chi connectivity index (χ1n) is 11.7. The molecule has 1 aliphatic carbocycles. The zero-order valence-electron chi connectivity index (χ0n) is 19.1. The molecule has 0 saturated heterocycles. The fraction of sp³-hybridized carbons (Fsp3) is 0.296. The Morgan fingerprint density at radius 2 is 1.62 bits per heavy atom. The smallest absolute Gasteiger partial charge is 0.252 e. The van der Waals surface area contributed by atoms with E-state index >= 15 is 0 Å². The highest BCUT2D eigenvalue weighted by Crippen LogP contribution is 2.27. The van der Waals surface area contributed by atoms with Crippen LogP contribution in [-0.2, 0) is 4.79 Å². The van der Waals surface area contributed by atoms with Crippen LogP contribution in [0.4, 0.5) is 0 Å². The van der Waals surface area contributed by atoms with Gasteiger partial charge >= 0.3 is 0 Å². The molecule has 1 saturated carbocycles. The van der Waals surface area contributed by atoms with Crippen LogP contribution in [0.25, 0.3) is 10.8 Å². The Kier molecular flexibility index (Phi) is 7.23. The number of carbonyl (C=O) groups is 2. The van der Waals surface area contributed by atoms with Crippen molar-refractivity contribution in [1.29, 1.82) is 5.41 Å². The highest BCUT2D eigenvalue weighted by atomic mass is 16.2. The van der Waals surface area contributed by atoms with Crippen molar-refractivity contribution in [1.82, 2.24) is 10.6 Å². The summed E-state index contributed by atoms with van der Waals surface area (Å²) in [7, 11) is 0. The van der Waals surface area contributed by atoms with Gasteiger partial charge in [-0.15, -0.1) is 0 Å². The van der Waals surface area contributed by atoms with Gasteiger partial charge in [-0.25, -0.2) is 0 Å².